The van der Waals surface area contributed by atoms with Gasteiger partial charge in [0.2, 0.25) is 11.5 Å². The lowest BCUT2D eigenvalue weighted by molar-refractivity contribution is -0.383. The van der Waals surface area contributed by atoms with Gasteiger partial charge in [-0.2, -0.15) is 14.8 Å². The molecule has 2 aromatic carbocycles. The van der Waals surface area contributed by atoms with Crippen LogP contribution in [0.4, 0.5) is 17.2 Å². The summed E-state index contributed by atoms with van der Waals surface area (Å²) in [4.78, 5) is 17.0. The lowest BCUT2D eigenvalue weighted by Crippen LogP contribution is -2.15. The van der Waals surface area contributed by atoms with Gasteiger partial charge in [-0.3, -0.25) is 10.1 Å². The fourth-order valence-electron chi connectivity index (χ4n) is 3.62. The van der Waals surface area contributed by atoms with Gasteiger partial charge in [-0.25, -0.2) is 4.98 Å². The van der Waals surface area contributed by atoms with Crippen molar-refractivity contribution in [1.29, 1.82) is 0 Å². The van der Waals surface area contributed by atoms with Gasteiger partial charge >= 0.3 is 5.69 Å². The van der Waals surface area contributed by atoms with Crippen LogP contribution in [-0.4, -0.2) is 47.2 Å². The molecule has 0 radical (unpaired) electrons. The van der Waals surface area contributed by atoms with Crippen molar-refractivity contribution < 1.29 is 4.92 Å². The van der Waals surface area contributed by atoms with Gasteiger partial charge in [0.05, 0.1) is 4.92 Å². The van der Waals surface area contributed by atoms with E-state index < -0.39 is 4.92 Å². The summed E-state index contributed by atoms with van der Waals surface area (Å²) in [5.41, 5.74) is 4.47. The molecule has 0 aliphatic heterocycles. The van der Waals surface area contributed by atoms with Crippen molar-refractivity contribution in [2.45, 2.75) is 6.92 Å². The first-order valence-electron chi connectivity index (χ1n) is 9.69. The number of aryl methyl sites for hydroxylation is 1. The minimum Gasteiger partial charge on any atom is -0.329 e. The molecule has 0 bridgehead atoms. The standard InChI is InChI=1S/C21H17N9O2/c1-13-11-19(29-21(23-13)18(12-22-29)30(31)32)28(2)15-9-7-14(8-10-15)16-5-3-4-6-17(16)20-24-26-27-25-20/h3-12H,1-2H3,(H,24,25,26,27). The van der Waals surface area contributed by atoms with E-state index in [1.165, 1.54) is 10.7 Å². The Balaban J connectivity index is 1.53. The van der Waals surface area contributed by atoms with Crippen LogP contribution in [0.1, 0.15) is 5.69 Å². The molecule has 0 fully saturated rings. The molecule has 0 atom stereocenters. The Morgan fingerprint density at radius 1 is 1.09 bits per heavy atom. The SMILES string of the molecule is Cc1cc(N(C)c2ccc(-c3ccccc3-c3nn[nH]n3)cc2)n2ncc([N+](=O)[O-])c2n1. The Kier molecular flexibility index (Phi) is 4.55. The molecule has 11 heteroatoms. The van der Waals surface area contributed by atoms with Crippen molar-refractivity contribution in [2.75, 3.05) is 11.9 Å². The van der Waals surface area contributed by atoms with Crippen LogP contribution in [0.25, 0.3) is 28.2 Å². The number of rotatable bonds is 5. The summed E-state index contributed by atoms with van der Waals surface area (Å²) in [5, 5.41) is 29.8. The molecule has 0 unspecified atom stereocenters. The molecule has 32 heavy (non-hydrogen) atoms. The number of benzene rings is 2. The van der Waals surface area contributed by atoms with Crippen LogP contribution in [0.3, 0.4) is 0 Å². The first kappa shape index (κ1) is 19.3. The van der Waals surface area contributed by atoms with Gasteiger partial charge in [-0.15, -0.1) is 10.2 Å². The molecule has 0 spiro atoms. The molecular formula is C21H17N9O2. The van der Waals surface area contributed by atoms with Crippen LogP contribution in [-0.2, 0) is 0 Å². The third-order valence-electron chi connectivity index (χ3n) is 5.18. The number of nitro groups is 1. The zero-order chi connectivity index (χ0) is 22.2. The quantitative estimate of drug-likeness (QED) is 0.333. The molecule has 5 aromatic rings. The van der Waals surface area contributed by atoms with Crippen LogP contribution < -0.4 is 4.90 Å². The fourth-order valence-corrected chi connectivity index (χ4v) is 3.62. The molecule has 3 aromatic heterocycles. The molecule has 0 saturated heterocycles. The van der Waals surface area contributed by atoms with E-state index in [-0.39, 0.29) is 11.3 Å². The van der Waals surface area contributed by atoms with Gasteiger partial charge in [-0.1, -0.05) is 36.4 Å². The van der Waals surface area contributed by atoms with Gasteiger partial charge in [0.1, 0.15) is 12.0 Å². The van der Waals surface area contributed by atoms with Gasteiger partial charge in [-0.05, 0) is 35.4 Å². The van der Waals surface area contributed by atoms with Crippen LogP contribution in [0.5, 0.6) is 0 Å². The monoisotopic (exact) mass is 427 g/mol. The van der Waals surface area contributed by atoms with Crippen LogP contribution >= 0.6 is 0 Å². The summed E-state index contributed by atoms with van der Waals surface area (Å²) < 4.78 is 1.48. The summed E-state index contributed by atoms with van der Waals surface area (Å²) in [6.45, 7) is 1.80. The van der Waals surface area contributed by atoms with Crippen molar-refractivity contribution >= 4 is 22.8 Å². The maximum atomic E-state index is 11.3. The van der Waals surface area contributed by atoms with Crippen molar-refractivity contribution in [3.63, 3.8) is 0 Å². The maximum absolute atomic E-state index is 11.3. The number of tetrazole rings is 1. The Bertz CT molecular complexity index is 1430. The van der Waals surface area contributed by atoms with E-state index in [0.29, 0.717) is 17.3 Å². The molecule has 0 saturated carbocycles. The molecule has 11 nitrogen and oxygen atoms in total. The number of fused-ring (bicyclic) bond motifs is 1. The average Bonchev–Trinajstić information content (AvgIpc) is 3.48. The predicted molar refractivity (Wildman–Crippen MR) is 117 cm³/mol. The molecule has 5 rings (SSSR count). The van der Waals surface area contributed by atoms with Crippen molar-refractivity contribution in [3.05, 3.63) is 76.6 Å². The Labute approximate surface area is 181 Å². The maximum Gasteiger partial charge on any atom is 0.333 e. The van der Waals surface area contributed by atoms with E-state index in [9.17, 15) is 10.1 Å². The summed E-state index contributed by atoms with van der Waals surface area (Å²) in [6.07, 6.45) is 1.22. The lowest BCUT2D eigenvalue weighted by atomic mass is 9.99. The Hall–Kier alpha value is -4.67. The number of hydrogen-bond donors (Lipinski definition) is 1. The van der Waals surface area contributed by atoms with Crippen LogP contribution in [0.15, 0.2) is 60.8 Å². The summed E-state index contributed by atoms with van der Waals surface area (Å²) in [6, 6.07) is 17.6. The highest BCUT2D eigenvalue weighted by Gasteiger charge is 2.21. The predicted octanol–water partition coefficient (Wildman–Crippen LogP) is 3.56. The zero-order valence-corrected chi connectivity index (χ0v) is 17.2. The summed E-state index contributed by atoms with van der Waals surface area (Å²) in [7, 11) is 1.88. The average molecular weight is 427 g/mol. The smallest absolute Gasteiger partial charge is 0.329 e. The highest BCUT2D eigenvalue weighted by molar-refractivity contribution is 5.81. The lowest BCUT2D eigenvalue weighted by Gasteiger charge is -2.21. The molecular weight excluding hydrogens is 410 g/mol. The van der Waals surface area contributed by atoms with Crippen LogP contribution in [0, 0.1) is 17.0 Å². The number of hydrogen-bond acceptors (Lipinski definition) is 8. The van der Waals surface area contributed by atoms with Crippen LogP contribution in [0.2, 0.25) is 0 Å². The molecule has 0 amide bonds. The van der Waals surface area contributed by atoms with Crippen molar-refractivity contribution in [2.24, 2.45) is 0 Å². The van der Waals surface area contributed by atoms with Crippen molar-refractivity contribution in [1.82, 2.24) is 35.2 Å². The minimum atomic E-state index is -0.478. The topological polar surface area (TPSA) is 131 Å². The number of nitrogens with zero attached hydrogens (tertiary/aromatic N) is 8. The first-order valence-corrected chi connectivity index (χ1v) is 9.69. The highest BCUT2D eigenvalue weighted by Crippen LogP contribution is 2.33. The number of aromatic amines is 1. The van der Waals surface area contributed by atoms with E-state index in [1.54, 1.807) is 6.92 Å². The Morgan fingerprint density at radius 2 is 1.84 bits per heavy atom. The third kappa shape index (κ3) is 3.21. The van der Waals surface area contributed by atoms with Crippen molar-refractivity contribution in [3.8, 4) is 22.5 Å². The number of anilines is 2. The summed E-state index contributed by atoms with van der Waals surface area (Å²) in [5.74, 6) is 1.19. The fraction of sp³-hybridized carbons (Fsp3) is 0.0952. The minimum absolute atomic E-state index is 0.128. The molecule has 1 N–H and O–H groups in total. The van der Waals surface area contributed by atoms with Gasteiger partial charge < -0.3 is 4.90 Å². The number of nitrogens with one attached hydrogen (secondary N) is 1. The van der Waals surface area contributed by atoms with E-state index in [0.717, 1.165) is 22.4 Å². The molecule has 3 heterocycles. The van der Waals surface area contributed by atoms with Gasteiger partial charge in [0.15, 0.2) is 0 Å². The second-order valence-electron chi connectivity index (χ2n) is 7.16. The Morgan fingerprint density at radius 3 is 2.53 bits per heavy atom. The second-order valence-corrected chi connectivity index (χ2v) is 7.16. The molecule has 0 aliphatic rings. The van der Waals surface area contributed by atoms with E-state index >= 15 is 0 Å². The van der Waals surface area contributed by atoms with Gasteiger partial charge in [0, 0.05) is 30.1 Å². The molecule has 0 aliphatic carbocycles. The highest BCUT2D eigenvalue weighted by atomic mass is 16.6. The van der Waals surface area contributed by atoms with E-state index in [4.69, 9.17) is 0 Å². The zero-order valence-electron chi connectivity index (χ0n) is 17.2. The molecule has 158 valence electrons. The van der Waals surface area contributed by atoms with E-state index in [2.05, 4.69) is 30.7 Å². The first-order chi connectivity index (χ1) is 15.5. The number of aromatic nitrogens is 7. The van der Waals surface area contributed by atoms with E-state index in [1.807, 2.05) is 66.5 Å². The number of H-pyrrole nitrogens is 1. The third-order valence-corrected chi connectivity index (χ3v) is 5.18. The second kappa shape index (κ2) is 7.54. The largest absolute Gasteiger partial charge is 0.333 e. The summed E-state index contributed by atoms with van der Waals surface area (Å²) >= 11 is 0. The normalized spacial score (nSPS) is 11.1. The van der Waals surface area contributed by atoms with Gasteiger partial charge in [0.25, 0.3) is 0 Å².